The summed E-state index contributed by atoms with van der Waals surface area (Å²) in [5.41, 5.74) is 0.996. The highest BCUT2D eigenvalue weighted by Gasteiger charge is 2.35. The zero-order valence-electron chi connectivity index (χ0n) is 17.7. The lowest BCUT2D eigenvalue weighted by molar-refractivity contribution is -0.122. The van der Waals surface area contributed by atoms with Gasteiger partial charge in [-0.2, -0.15) is 9.57 Å². The van der Waals surface area contributed by atoms with Gasteiger partial charge in [0.05, 0.1) is 24.6 Å². The van der Waals surface area contributed by atoms with Crippen molar-refractivity contribution < 1.29 is 22.4 Å². The summed E-state index contributed by atoms with van der Waals surface area (Å²) in [6.07, 6.45) is 2.32. The number of aryl methyl sites for hydroxylation is 1. The molecular weight excluding hydrogens is 488 g/mol. The number of amides is 2. The molecule has 9 nitrogen and oxygen atoms in total. The number of thiocarbonyl (C=S) groups is 1. The van der Waals surface area contributed by atoms with Crippen LogP contribution in [0.1, 0.15) is 23.5 Å². The van der Waals surface area contributed by atoms with Crippen LogP contribution in [0.5, 0.6) is 0 Å². The molecule has 1 aromatic carbocycles. The van der Waals surface area contributed by atoms with Crippen molar-refractivity contribution in [2.75, 3.05) is 17.7 Å². The van der Waals surface area contributed by atoms with Gasteiger partial charge in [0.2, 0.25) is 10.0 Å². The van der Waals surface area contributed by atoms with E-state index in [4.69, 9.17) is 33.5 Å². The minimum atomic E-state index is -3.56. The van der Waals surface area contributed by atoms with Gasteiger partial charge in [-0.3, -0.25) is 19.8 Å². The summed E-state index contributed by atoms with van der Waals surface area (Å²) >= 11 is 11.3. The lowest BCUT2D eigenvalue weighted by Crippen LogP contribution is -2.54. The molecule has 0 radical (unpaired) electrons. The van der Waals surface area contributed by atoms with Crippen molar-refractivity contribution in [3.05, 3.63) is 58.0 Å². The number of sulfonamides is 1. The van der Waals surface area contributed by atoms with E-state index in [1.165, 1.54) is 18.2 Å². The zero-order valence-corrected chi connectivity index (χ0v) is 20.1. The van der Waals surface area contributed by atoms with Gasteiger partial charge in [0.25, 0.3) is 11.8 Å². The van der Waals surface area contributed by atoms with Gasteiger partial charge in [-0.1, -0.05) is 17.7 Å². The Morgan fingerprint density at radius 2 is 2.03 bits per heavy atom. The molecule has 12 heteroatoms. The average Bonchev–Trinajstić information content (AvgIpc) is 3.17. The number of rotatable bonds is 7. The number of benzene rings is 1. The first-order valence-corrected chi connectivity index (χ1v) is 12.2. The zero-order chi connectivity index (χ0) is 24.3. The molecule has 1 aliphatic heterocycles. The number of nitrogens with one attached hydrogen (secondary N) is 1. The first-order valence-electron chi connectivity index (χ1n) is 9.59. The minimum Gasteiger partial charge on any atom is -0.460 e. The molecule has 1 fully saturated rings. The number of carbonyl (C=O) groups excluding carboxylic acids is 2. The Morgan fingerprint density at radius 3 is 2.67 bits per heavy atom. The van der Waals surface area contributed by atoms with Crippen LogP contribution in [0.15, 0.2) is 40.3 Å². The van der Waals surface area contributed by atoms with Crippen molar-refractivity contribution in [2.45, 2.75) is 19.9 Å². The summed E-state index contributed by atoms with van der Waals surface area (Å²) in [6.45, 7) is 1.73. The van der Waals surface area contributed by atoms with E-state index in [0.29, 0.717) is 10.7 Å². The summed E-state index contributed by atoms with van der Waals surface area (Å²) in [5.74, 6) is -0.892. The van der Waals surface area contributed by atoms with E-state index >= 15 is 0 Å². The fourth-order valence-electron chi connectivity index (χ4n) is 3.02. The van der Waals surface area contributed by atoms with E-state index in [1.54, 1.807) is 18.2 Å². The highest BCUT2D eigenvalue weighted by Crippen LogP contribution is 2.27. The van der Waals surface area contributed by atoms with Crippen molar-refractivity contribution >= 4 is 62.5 Å². The third-order valence-corrected chi connectivity index (χ3v) is 6.70. The van der Waals surface area contributed by atoms with Crippen LogP contribution < -0.4 is 10.2 Å². The Morgan fingerprint density at radius 1 is 1.30 bits per heavy atom. The maximum absolute atomic E-state index is 13.1. The Bertz CT molecular complexity index is 1310. The fraction of sp³-hybridized carbons (Fsp3) is 0.238. The van der Waals surface area contributed by atoms with Crippen molar-refractivity contribution in [2.24, 2.45) is 0 Å². The van der Waals surface area contributed by atoms with Crippen molar-refractivity contribution in [1.29, 1.82) is 5.26 Å². The van der Waals surface area contributed by atoms with Gasteiger partial charge in [-0.15, -0.1) is 0 Å². The lowest BCUT2D eigenvalue weighted by atomic mass is 10.1. The third-order valence-electron chi connectivity index (χ3n) is 4.76. The topological polar surface area (TPSA) is 124 Å². The molecule has 0 spiro atoms. The summed E-state index contributed by atoms with van der Waals surface area (Å²) in [6, 6.07) is 9.90. The molecule has 1 saturated heterocycles. The van der Waals surface area contributed by atoms with Crippen molar-refractivity contribution in [1.82, 2.24) is 9.62 Å². The lowest BCUT2D eigenvalue weighted by Gasteiger charge is -2.29. The van der Waals surface area contributed by atoms with Gasteiger partial charge in [0.1, 0.15) is 17.1 Å². The van der Waals surface area contributed by atoms with E-state index in [-0.39, 0.29) is 41.7 Å². The number of nitriles is 1. The SMILES string of the molecule is Cc1ccc(N2C(=O)/C(=C\c3ccc(CN(CCC#N)S(C)(=O)=O)o3)C(=O)NC2=S)cc1Cl. The molecule has 3 rings (SSSR count). The third kappa shape index (κ3) is 5.66. The number of anilines is 1. The molecule has 1 N–H and O–H groups in total. The van der Waals surface area contributed by atoms with Gasteiger partial charge in [-0.05, 0) is 55.0 Å². The molecule has 0 aliphatic carbocycles. The average molecular weight is 507 g/mol. The molecule has 1 aliphatic rings. The minimum absolute atomic E-state index is 0.0128. The molecule has 1 aromatic heterocycles. The van der Waals surface area contributed by atoms with Crippen molar-refractivity contribution in [3.8, 4) is 6.07 Å². The normalized spacial score (nSPS) is 15.8. The Labute approximate surface area is 201 Å². The monoisotopic (exact) mass is 506 g/mol. The largest absolute Gasteiger partial charge is 0.460 e. The van der Waals surface area contributed by atoms with Crippen LogP contribution in [0.3, 0.4) is 0 Å². The summed E-state index contributed by atoms with van der Waals surface area (Å²) in [4.78, 5) is 26.7. The number of carbonyl (C=O) groups is 2. The first kappa shape index (κ1) is 24.6. The second-order valence-corrected chi connectivity index (χ2v) is 9.98. The van der Waals surface area contributed by atoms with Crippen LogP contribution in [0.25, 0.3) is 6.08 Å². The van der Waals surface area contributed by atoms with Crippen LogP contribution in [-0.4, -0.2) is 42.5 Å². The molecular formula is C21H19ClN4O5S2. The molecule has 0 atom stereocenters. The number of hydrogen-bond acceptors (Lipinski definition) is 7. The number of furan rings is 1. The molecule has 0 saturated carbocycles. The van der Waals surface area contributed by atoms with E-state index in [2.05, 4.69) is 5.32 Å². The number of hydrogen-bond donors (Lipinski definition) is 1. The Kier molecular flexibility index (Phi) is 7.34. The van der Waals surface area contributed by atoms with E-state index in [0.717, 1.165) is 21.0 Å². The van der Waals surface area contributed by atoms with Gasteiger partial charge >= 0.3 is 0 Å². The molecule has 2 aromatic rings. The first-order chi connectivity index (χ1) is 15.5. The number of nitrogens with zero attached hydrogens (tertiary/aromatic N) is 3. The highest BCUT2D eigenvalue weighted by atomic mass is 35.5. The number of halogens is 1. The van der Waals surface area contributed by atoms with Gasteiger partial charge < -0.3 is 4.42 Å². The fourth-order valence-corrected chi connectivity index (χ4v) is 4.26. The Balaban J connectivity index is 1.88. The summed E-state index contributed by atoms with van der Waals surface area (Å²) in [5, 5.41) is 11.6. The molecule has 172 valence electrons. The Hall–Kier alpha value is -3.04. The molecule has 2 amide bonds. The quantitative estimate of drug-likeness (QED) is 0.348. The predicted molar refractivity (Wildman–Crippen MR) is 127 cm³/mol. The molecule has 2 heterocycles. The van der Waals surface area contributed by atoms with Gasteiger partial charge in [-0.25, -0.2) is 8.42 Å². The van der Waals surface area contributed by atoms with Crippen LogP contribution in [0, 0.1) is 18.3 Å². The van der Waals surface area contributed by atoms with Crippen LogP contribution in [-0.2, 0) is 26.2 Å². The summed E-state index contributed by atoms with van der Waals surface area (Å²) in [7, 11) is -3.56. The van der Waals surface area contributed by atoms with Gasteiger partial charge in [0, 0.05) is 18.0 Å². The second kappa shape index (κ2) is 9.84. The molecule has 0 unspecified atom stereocenters. The smallest absolute Gasteiger partial charge is 0.270 e. The van der Waals surface area contributed by atoms with Crippen LogP contribution >= 0.6 is 23.8 Å². The molecule has 33 heavy (non-hydrogen) atoms. The van der Waals surface area contributed by atoms with Crippen LogP contribution in [0.2, 0.25) is 5.02 Å². The van der Waals surface area contributed by atoms with Crippen molar-refractivity contribution in [3.63, 3.8) is 0 Å². The van der Waals surface area contributed by atoms with E-state index in [1.807, 2.05) is 13.0 Å². The maximum atomic E-state index is 13.1. The maximum Gasteiger partial charge on any atom is 0.270 e. The summed E-state index contributed by atoms with van der Waals surface area (Å²) < 4.78 is 30.6. The standard InChI is InChI=1S/C21H19ClN4O5S2/c1-13-4-5-14(10-18(13)22)26-20(28)17(19(27)24-21(26)32)11-15-6-7-16(31-15)12-25(9-3-8-23)33(2,29)30/h4-7,10-11H,3,9,12H2,1-2H3,(H,24,27,32)/b17-11-. The second-order valence-electron chi connectivity index (χ2n) is 7.20. The molecule has 0 bridgehead atoms. The van der Waals surface area contributed by atoms with Gasteiger partial charge in [0.15, 0.2) is 5.11 Å². The van der Waals surface area contributed by atoms with E-state index in [9.17, 15) is 18.0 Å². The predicted octanol–water partition coefficient (Wildman–Crippen LogP) is 2.75. The highest BCUT2D eigenvalue weighted by molar-refractivity contribution is 7.88. The van der Waals surface area contributed by atoms with Crippen LogP contribution in [0.4, 0.5) is 5.69 Å². The van der Waals surface area contributed by atoms with E-state index < -0.39 is 21.8 Å².